The van der Waals surface area contributed by atoms with Gasteiger partial charge in [-0.15, -0.1) is 0 Å². The van der Waals surface area contributed by atoms with Gasteiger partial charge in [0, 0.05) is 10.4 Å². The second kappa shape index (κ2) is 5.85. The molecule has 2 heteroatoms. The Kier molecular flexibility index (Phi) is 4.18. The highest BCUT2D eigenvalue weighted by Crippen LogP contribution is 2.27. The predicted molar refractivity (Wildman–Crippen MR) is 76.5 cm³/mol. The minimum Gasteiger partial charge on any atom is -0.319 e. The Hall–Kier alpha value is -1.31. The number of benzene rings is 2. The maximum absolute atomic E-state index is 6.26. The molecule has 1 N–H and O–H groups in total. The number of hydrogen-bond donors (Lipinski definition) is 1. The quantitative estimate of drug-likeness (QED) is 0.800. The van der Waals surface area contributed by atoms with Crippen LogP contribution < -0.4 is 5.32 Å². The summed E-state index contributed by atoms with van der Waals surface area (Å²) in [6, 6.07) is 12.3. The van der Waals surface area contributed by atoms with E-state index in [1.165, 1.54) is 10.9 Å². The van der Waals surface area contributed by atoms with Crippen LogP contribution in [0, 0.1) is 0 Å². The summed E-state index contributed by atoms with van der Waals surface area (Å²) in [5, 5.41) is 6.27. The van der Waals surface area contributed by atoms with E-state index in [0.717, 1.165) is 23.4 Å². The zero-order valence-electron chi connectivity index (χ0n) is 9.91. The minimum absolute atomic E-state index is 0.816. The first kappa shape index (κ1) is 12.2. The molecule has 0 saturated carbocycles. The normalized spacial score (nSPS) is 11.4. The van der Waals surface area contributed by atoms with Crippen molar-refractivity contribution < 1.29 is 0 Å². The highest BCUT2D eigenvalue weighted by Gasteiger charge is 2.01. The van der Waals surface area contributed by atoms with Gasteiger partial charge in [0.15, 0.2) is 0 Å². The van der Waals surface area contributed by atoms with E-state index in [1.807, 2.05) is 19.2 Å². The Balaban J connectivity index is 2.37. The molecule has 0 aliphatic rings. The van der Waals surface area contributed by atoms with Gasteiger partial charge in [-0.2, -0.15) is 0 Å². The first-order valence-corrected chi connectivity index (χ1v) is 6.19. The topological polar surface area (TPSA) is 12.0 Å². The lowest BCUT2D eigenvalue weighted by atomic mass is 10.0. The highest BCUT2D eigenvalue weighted by atomic mass is 35.5. The maximum Gasteiger partial charge on any atom is 0.0490 e. The Morgan fingerprint density at radius 1 is 1.18 bits per heavy atom. The van der Waals surface area contributed by atoms with Gasteiger partial charge in [0.2, 0.25) is 0 Å². The van der Waals surface area contributed by atoms with Crippen LogP contribution in [0.4, 0.5) is 0 Å². The van der Waals surface area contributed by atoms with E-state index in [2.05, 4.69) is 41.7 Å². The molecule has 0 aromatic heterocycles. The number of nitrogens with one attached hydrogen (secondary N) is 1. The monoisotopic (exact) mass is 245 g/mol. The molecule has 17 heavy (non-hydrogen) atoms. The molecule has 0 spiro atoms. The molecule has 2 aromatic carbocycles. The van der Waals surface area contributed by atoms with E-state index in [0.29, 0.717) is 0 Å². The van der Waals surface area contributed by atoms with Crippen LogP contribution in [0.3, 0.4) is 0 Å². The van der Waals surface area contributed by atoms with Crippen molar-refractivity contribution in [1.29, 1.82) is 0 Å². The van der Waals surface area contributed by atoms with Gasteiger partial charge in [-0.3, -0.25) is 0 Å². The van der Waals surface area contributed by atoms with E-state index in [-0.39, 0.29) is 0 Å². The van der Waals surface area contributed by atoms with Crippen molar-refractivity contribution in [2.75, 3.05) is 13.6 Å². The Bertz CT molecular complexity index is 526. The average molecular weight is 246 g/mol. The Morgan fingerprint density at radius 2 is 1.94 bits per heavy atom. The third-order valence-corrected chi connectivity index (χ3v) is 3.06. The molecule has 0 atom stereocenters. The van der Waals surface area contributed by atoms with Crippen molar-refractivity contribution in [2.45, 2.75) is 6.42 Å². The largest absolute Gasteiger partial charge is 0.319 e. The summed E-state index contributed by atoms with van der Waals surface area (Å²) in [5.41, 5.74) is 1.18. The molecule has 2 rings (SSSR count). The van der Waals surface area contributed by atoms with Crippen molar-refractivity contribution in [3.05, 3.63) is 53.1 Å². The summed E-state index contributed by atoms with van der Waals surface area (Å²) in [6.45, 7) is 0.995. The zero-order valence-corrected chi connectivity index (χ0v) is 10.7. The van der Waals surface area contributed by atoms with Gasteiger partial charge in [-0.1, -0.05) is 54.1 Å². The van der Waals surface area contributed by atoms with Gasteiger partial charge in [-0.05, 0) is 37.0 Å². The molecule has 0 fully saturated rings. The van der Waals surface area contributed by atoms with E-state index in [4.69, 9.17) is 11.6 Å². The lowest BCUT2D eigenvalue weighted by Gasteiger charge is -2.04. The number of hydrogen-bond acceptors (Lipinski definition) is 1. The molecule has 0 amide bonds. The fraction of sp³-hybridized carbons (Fsp3) is 0.200. The molecule has 0 bridgehead atoms. The van der Waals surface area contributed by atoms with Gasteiger partial charge < -0.3 is 5.32 Å². The molecule has 0 radical (unpaired) electrons. The minimum atomic E-state index is 0.816. The van der Waals surface area contributed by atoms with Gasteiger partial charge >= 0.3 is 0 Å². The average Bonchev–Trinajstić information content (AvgIpc) is 2.35. The van der Waals surface area contributed by atoms with Crippen LogP contribution >= 0.6 is 11.6 Å². The van der Waals surface area contributed by atoms with Gasteiger partial charge in [-0.25, -0.2) is 0 Å². The molecular weight excluding hydrogens is 230 g/mol. The standard InChI is InChI=1S/C15H16ClN/c1-17-11-3-2-6-12-7-4-8-13-9-5-10-14(16)15(12)13/h2,4-10,17H,3,11H2,1H3. The van der Waals surface area contributed by atoms with E-state index in [9.17, 15) is 0 Å². The van der Waals surface area contributed by atoms with Gasteiger partial charge in [0.25, 0.3) is 0 Å². The van der Waals surface area contributed by atoms with Crippen molar-refractivity contribution in [3.8, 4) is 0 Å². The summed E-state index contributed by atoms with van der Waals surface area (Å²) in [4.78, 5) is 0. The number of fused-ring (bicyclic) bond motifs is 1. The number of halogens is 1. The van der Waals surface area contributed by atoms with Crippen molar-refractivity contribution in [1.82, 2.24) is 5.32 Å². The van der Waals surface area contributed by atoms with E-state index in [1.54, 1.807) is 0 Å². The summed E-state index contributed by atoms with van der Waals surface area (Å²) in [5.74, 6) is 0. The van der Waals surface area contributed by atoms with Crippen LogP contribution in [0.5, 0.6) is 0 Å². The second-order valence-corrected chi connectivity index (χ2v) is 4.39. The van der Waals surface area contributed by atoms with E-state index >= 15 is 0 Å². The third-order valence-electron chi connectivity index (χ3n) is 2.74. The molecule has 0 aliphatic carbocycles. The SMILES string of the molecule is CNCCC=Cc1cccc2cccc(Cl)c12. The van der Waals surface area contributed by atoms with Gasteiger partial charge in [0.1, 0.15) is 0 Å². The van der Waals surface area contributed by atoms with Gasteiger partial charge in [0.05, 0.1) is 0 Å². The first-order chi connectivity index (χ1) is 8.33. The molecule has 0 aliphatic heterocycles. The molecular formula is C15H16ClN. The molecule has 0 unspecified atom stereocenters. The van der Waals surface area contributed by atoms with Crippen molar-refractivity contribution in [3.63, 3.8) is 0 Å². The Morgan fingerprint density at radius 3 is 2.71 bits per heavy atom. The fourth-order valence-corrected chi connectivity index (χ4v) is 2.19. The lowest BCUT2D eigenvalue weighted by Crippen LogP contribution is -2.05. The fourth-order valence-electron chi connectivity index (χ4n) is 1.90. The van der Waals surface area contributed by atoms with E-state index < -0.39 is 0 Å². The zero-order chi connectivity index (χ0) is 12.1. The predicted octanol–water partition coefficient (Wildman–Crippen LogP) is 4.12. The summed E-state index contributed by atoms with van der Waals surface area (Å²) in [6.07, 6.45) is 5.34. The molecule has 1 nitrogen and oxygen atoms in total. The summed E-state index contributed by atoms with van der Waals surface area (Å²) in [7, 11) is 1.96. The molecule has 2 aromatic rings. The molecule has 88 valence electrons. The van der Waals surface area contributed by atoms with Crippen LogP contribution in [-0.4, -0.2) is 13.6 Å². The third kappa shape index (κ3) is 2.87. The maximum atomic E-state index is 6.26. The summed E-state index contributed by atoms with van der Waals surface area (Å²) >= 11 is 6.26. The smallest absolute Gasteiger partial charge is 0.0490 e. The first-order valence-electron chi connectivity index (χ1n) is 5.81. The molecule has 0 heterocycles. The van der Waals surface area contributed by atoms with Crippen LogP contribution in [0.25, 0.3) is 16.8 Å². The van der Waals surface area contributed by atoms with Crippen molar-refractivity contribution in [2.24, 2.45) is 0 Å². The highest BCUT2D eigenvalue weighted by molar-refractivity contribution is 6.36. The van der Waals surface area contributed by atoms with Crippen LogP contribution in [0.15, 0.2) is 42.5 Å². The van der Waals surface area contributed by atoms with Crippen molar-refractivity contribution >= 4 is 28.4 Å². The van der Waals surface area contributed by atoms with Crippen LogP contribution in [0.2, 0.25) is 5.02 Å². The number of rotatable bonds is 4. The second-order valence-electron chi connectivity index (χ2n) is 3.98. The van der Waals surface area contributed by atoms with Crippen LogP contribution in [0.1, 0.15) is 12.0 Å². The van der Waals surface area contributed by atoms with Crippen LogP contribution in [-0.2, 0) is 0 Å². The molecule has 0 saturated heterocycles. The lowest BCUT2D eigenvalue weighted by molar-refractivity contribution is 0.809. The Labute approximate surface area is 107 Å². The summed E-state index contributed by atoms with van der Waals surface area (Å²) < 4.78 is 0.